The van der Waals surface area contributed by atoms with Gasteiger partial charge in [-0.2, -0.15) is 0 Å². The molecule has 1 aliphatic heterocycles. The molecule has 0 saturated carbocycles. The second-order valence-electron chi connectivity index (χ2n) is 5.77. The molecular formula is C17H19N3O3. The molecular weight excluding hydrogens is 294 g/mol. The molecule has 2 aromatic heterocycles. The second kappa shape index (κ2) is 6.64. The van der Waals surface area contributed by atoms with Crippen LogP contribution in [0.2, 0.25) is 0 Å². The Labute approximate surface area is 134 Å². The lowest BCUT2D eigenvalue weighted by molar-refractivity contribution is -0.135. The minimum absolute atomic E-state index is 0.000372. The van der Waals surface area contributed by atoms with Gasteiger partial charge in [0.15, 0.2) is 0 Å². The Morgan fingerprint density at radius 1 is 1.39 bits per heavy atom. The molecule has 6 heteroatoms. The number of furan rings is 1. The largest absolute Gasteiger partial charge is 0.467 e. The van der Waals surface area contributed by atoms with E-state index < -0.39 is 0 Å². The summed E-state index contributed by atoms with van der Waals surface area (Å²) in [5.74, 6) is 0.403. The highest BCUT2D eigenvalue weighted by molar-refractivity contribution is 5.89. The fourth-order valence-corrected chi connectivity index (χ4v) is 2.80. The normalized spacial score (nSPS) is 17.5. The summed E-state index contributed by atoms with van der Waals surface area (Å²) in [4.78, 5) is 32.2. The third-order valence-corrected chi connectivity index (χ3v) is 3.99. The molecule has 120 valence electrons. The SMILES string of the molecule is CN(Cc1ccco1)C(=O)C1CC(=O)N(Cc2ccccn2)C1. The molecule has 0 aliphatic carbocycles. The molecule has 0 spiro atoms. The van der Waals surface area contributed by atoms with Crippen LogP contribution in [0, 0.1) is 5.92 Å². The Balaban J connectivity index is 1.59. The van der Waals surface area contributed by atoms with Gasteiger partial charge in [-0.15, -0.1) is 0 Å². The van der Waals surface area contributed by atoms with Gasteiger partial charge in [-0.1, -0.05) is 6.07 Å². The first-order valence-corrected chi connectivity index (χ1v) is 7.58. The Hall–Kier alpha value is -2.63. The molecule has 3 rings (SSSR count). The summed E-state index contributed by atoms with van der Waals surface area (Å²) in [6.07, 6.45) is 3.55. The number of nitrogens with zero attached hydrogens (tertiary/aromatic N) is 3. The zero-order valence-corrected chi connectivity index (χ0v) is 13.0. The van der Waals surface area contributed by atoms with Crippen molar-refractivity contribution >= 4 is 11.8 Å². The molecule has 0 bridgehead atoms. The van der Waals surface area contributed by atoms with E-state index in [2.05, 4.69) is 4.98 Å². The third-order valence-electron chi connectivity index (χ3n) is 3.99. The van der Waals surface area contributed by atoms with Gasteiger partial charge in [0, 0.05) is 26.2 Å². The number of carbonyl (C=O) groups is 2. The smallest absolute Gasteiger partial charge is 0.228 e. The van der Waals surface area contributed by atoms with Crippen molar-refractivity contribution in [3.63, 3.8) is 0 Å². The van der Waals surface area contributed by atoms with Crippen LogP contribution in [0.5, 0.6) is 0 Å². The van der Waals surface area contributed by atoms with Crippen molar-refractivity contribution in [2.45, 2.75) is 19.5 Å². The maximum Gasteiger partial charge on any atom is 0.228 e. The highest BCUT2D eigenvalue weighted by Gasteiger charge is 2.35. The maximum atomic E-state index is 12.5. The van der Waals surface area contributed by atoms with Crippen molar-refractivity contribution in [2.75, 3.05) is 13.6 Å². The fraction of sp³-hybridized carbons (Fsp3) is 0.353. The van der Waals surface area contributed by atoms with E-state index in [0.717, 1.165) is 11.5 Å². The molecule has 0 N–H and O–H groups in total. The molecule has 2 aromatic rings. The van der Waals surface area contributed by atoms with E-state index in [9.17, 15) is 9.59 Å². The van der Waals surface area contributed by atoms with Gasteiger partial charge in [-0.3, -0.25) is 14.6 Å². The van der Waals surface area contributed by atoms with E-state index >= 15 is 0 Å². The van der Waals surface area contributed by atoms with Crippen molar-refractivity contribution < 1.29 is 14.0 Å². The van der Waals surface area contributed by atoms with Gasteiger partial charge in [-0.25, -0.2) is 0 Å². The molecule has 1 atom stereocenters. The molecule has 3 heterocycles. The second-order valence-corrected chi connectivity index (χ2v) is 5.77. The van der Waals surface area contributed by atoms with Gasteiger partial charge >= 0.3 is 0 Å². The van der Waals surface area contributed by atoms with Crippen LogP contribution >= 0.6 is 0 Å². The summed E-state index contributed by atoms with van der Waals surface area (Å²) in [6, 6.07) is 9.23. The lowest BCUT2D eigenvalue weighted by atomic mass is 10.1. The summed E-state index contributed by atoms with van der Waals surface area (Å²) < 4.78 is 5.26. The molecule has 6 nitrogen and oxygen atoms in total. The van der Waals surface area contributed by atoms with Gasteiger partial charge < -0.3 is 14.2 Å². The number of rotatable bonds is 5. The predicted molar refractivity (Wildman–Crippen MR) is 82.9 cm³/mol. The van der Waals surface area contributed by atoms with Crippen molar-refractivity contribution in [1.82, 2.24) is 14.8 Å². The molecule has 1 fully saturated rings. The average molecular weight is 313 g/mol. The van der Waals surface area contributed by atoms with Crippen LogP contribution in [0.3, 0.4) is 0 Å². The number of aromatic nitrogens is 1. The molecule has 23 heavy (non-hydrogen) atoms. The van der Waals surface area contributed by atoms with Gasteiger partial charge in [-0.05, 0) is 24.3 Å². The van der Waals surface area contributed by atoms with E-state index in [1.165, 1.54) is 0 Å². The topological polar surface area (TPSA) is 66.7 Å². The average Bonchev–Trinajstić information content (AvgIpc) is 3.18. The third kappa shape index (κ3) is 3.59. The van der Waals surface area contributed by atoms with Crippen LogP contribution in [0.1, 0.15) is 17.9 Å². The molecule has 1 saturated heterocycles. The van der Waals surface area contributed by atoms with E-state index in [4.69, 9.17) is 4.42 Å². The van der Waals surface area contributed by atoms with Crippen LogP contribution in [-0.2, 0) is 22.7 Å². The zero-order chi connectivity index (χ0) is 16.2. The maximum absolute atomic E-state index is 12.5. The highest BCUT2D eigenvalue weighted by atomic mass is 16.3. The molecule has 1 unspecified atom stereocenters. The van der Waals surface area contributed by atoms with Crippen LogP contribution < -0.4 is 0 Å². The number of pyridine rings is 1. The predicted octanol–water partition coefficient (Wildman–Crippen LogP) is 1.68. The van der Waals surface area contributed by atoms with E-state index in [0.29, 0.717) is 19.6 Å². The van der Waals surface area contributed by atoms with Crippen molar-refractivity contribution in [1.29, 1.82) is 0 Å². The van der Waals surface area contributed by atoms with Crippen LogP contribution in [0.4, 0.5) is 0 Å². The van der Waals surface area contributed by atoms with Gasteiger partial charge in [0.2, 0.25) is 11.8 Å². The monoisotopic (exact) mass is 313 g/mol. The first-order chi connectivity index (χ1) is 11.1. The number of amides is 2. The summed E-state index contributed by atoms with van der Waals surface area (Å²) in [5.41, 5.74) is 0.831. The summed E-state index contributed by atoms with van der Waals surface area (Å²) in [6.45, 7) is 1.30. The zero-order valence-electron chi connectivity index (χ0n) is 13.0. The van der Waals surface area contributed by atoms with Crippen LogP contribution in [0.25, 0.3) is 0 Å². The lowest BCUT2D eigenvalue weighted by Crippen LogP contribution is -2.34. The van der Waals surface area contributed by atoms with E-state index in [1.807, 2.05) is 24.3 Å². The van der Waals surface area contributed by atoms with Gasteiger partial charge in [0.25, 0.3) is 0 Å². The first kappa shape index (κ1) is 15.3. The van der Waals surface area contributed by atoms with E-state index in [-0.39, 0.29) is 24.2 Å². The van der Waals surface area contributed by atoms with E-state index in [1.54, 1.807) is 35.4 Å². The van der Waals surface area contributed by atoms with Crippen molar-refractivity contribution in [3.8, 4) is 0 Å². The fourth-order valence-electron chi connectivity index (χ4n) is 2.80. The number of hydrogen-bond acceptors (Lipinski definition) is 4. The molecule has 0 radical (unpaired) electrons. The Kier molecular flexibility index (Phi) is 4.41. The Morgan fingerprint density at radius 3 is 2.96 bits per heavy atom. The quantitative estimate of drug-likeness (QED) is 0.842. The molecule has 1 aliphatic rings. The molecule has 2 amide bonds. The van der Waals surface area contributed by atoms with Crippen LogP contribution in [0.15, 0.2) is 47.2 Å². The minimum Gasteiger partial charge on any atom is -0.467 e. The number of likely N-dealkylation sites (tertiary alicyclic amines) is 1. The Bertz CT molecular complexity index is 670. The highest BCUT2D eigenvalue weighted by Crippen LogP contribution is 2.22. The van der Waals surface area contributed by atoms with Crippen molar-refractivity contribution in [2.24, 2.45) is 5.92 Å². The number of carbonyl (C=O) groups excluding carboxylic acids is 2. The standard InChI is InChI=1S/C17H19N3O3/c1-19(12-15-6-4-8-23-15)17(22)13-9-16(21)20(10-13)11-14-5-2-3-7-18-14/h2-8,13H,9-12H2,1H3. The minimum atomic E-state index is -0.300. The lowest BCUT2D eigenvalue weighted by Gasteiger charge is -2.20. The number of hydrogen-bond donors (Lipinski definition) is 0. The van der Waals surface area contributed by atoms with Gasteiger partial charge in [0.1, 0.15) is 5.76 Å². The summed E-state index contributed by atoms with van der Waals surface area (Å²) >= 11 is 0. The molecule has 0 aromatic carbocycles. The van der Waals surface area contributed by atoms with Crippen LogP contribution in [-0.4, -0.2) is 40.2 Å². The van der Waals surface area contributed by atoms with Crippen molar-refractivity contribution in [3.05, 3.63) is 54.2 Å². The Morgan fingerprint density at radius 2 is 2.26 bits per heavy atom. The first-order valence-electron chi connectivity index (χ1n) is 7.58. The van der Waals surface area contributed by atoms with Gasteiger partial charge in [0.05, 0.1) is 31.0 Å². The summed E-state index contributed by atoms with van der Waals surface area (Å²) in [7, 11) is 1.73. The summed E-state index contributed by atoms with van der Waals surface area (Å²) in [5, 5.41) is 0.